The Morgan fingerprint density at radius 3 is 1.91 bits per heavy atom. The van der Waals surface area contributed by atoms with Crippen molar-refractivity contribution in [2.45, 2.75) is 77.7 Å². The third-order valence-electron chi connectivity index (χ3n) is 6.57. The van der Waals surface area contributed by atoms with Gasteiger partial charge in [0.1, 0.15) is 11.2 Å². The standard InChI is InChI=1S/C29H35NO5/c1-18(26(34)35-27(2,3)4)24(31)30(20-11-9-19(10-12-20)25(32)33)21-13-14-22-23(17-21)29(7,8)16-15-28(22,5)6/h9-14,17H,1,15-16H2,2-8H3,(H,32,33). The van der Waals surface area contributed by atoms with E-state index in [-0.39, 0.29) is 22.0 Å². The van der Waals surface area contributed by atoms with Crippen molar-refractivity contribution in [1.82, 2.24) is 0 Å². The Kier molecular flexibility index (Phi) is 6.73. The third kappa shape index (κ3) is 5.47. The van der Waals surface area contributed by atoms with Crippen LogP contribution in [0.2, 0.25) is 0 Å². The predicted molar refractivity (Wildman–Crippen MR) is 137 cm³/mol. The van der Waals surface area contributed by atoms with Gasteiger partial charge in [0, 0.05) is 11.4 Å². The second-order valence-corrected chi connectivity index (χ2v) is 11.5. The van der Waals surface area contributed by atoms with Crippen LogP contribution in [0.1, 0.15) is 82.8 Å². The first-order chi connectivity index (χ1) is 16.0. The lowest BCUT2D eigenvalue weighted by Gasteiger charge is -2.42. The Hall–Kier alpha value is -3.41. The van der Waals surface area contributed by atoms with Gasteiger partial charge in [0.2, 0.25) is 0 Å². The minimum atomic E-state index is -1.06. The molecule has 0 fully saturated rings. The van der Waals surface area contributed by atoms with Crippen molar-refractivity contribution in [3.8, 4) is 0 Å². The molecule has 1 N–H and O–H groups in total. The van der Waals surface area contributed by atoms with E-state index in [0.29, 0.717) is 11.4 Å². The number of carbonyl (C=O) groups excluding carboxylic acids is 2. The van der Waals surface area contributed by atoms with E-state index in [2.05, 4.69) is 34.3 Å². The van der Waals surface area contributed by atoms with E-state index in [0.717, 1.165) is 18.4 Å². The van der Waals surface area contributed by atoms with E-state index in [1.54, 1.807) is 32.9 Å². The first-order valence-corrected chi connectivity index (χ1v) is 11.8. The Morgan fingerprint density at radius 1 is 0.886 bits per heavy atom. The van der Waals surface area contributed by atoms with Gasteiger partial charge in [0.25, 0.3) is 5.91 Å². The zero-order valence-corrected chi connectivity index (χ0v) is 21.7. The van der Waals surface area contributed by atoms with Gasteiger partial charge in [-0.2, -0.15) is 0 Å². The number of hydrogen-bond donors (Lipinski definition) is 1. The molecule has 0 aromatic heterocycles. The fourth-order valence-electron chi connectivity index (χ4n) is 4.41. The summed E-state index contributed by atoms with van der Waals surface area (Å²) in [6.45, 7) is 17.7. The molecule has 1 aliphatic carbocycles. The average Bonchev–Trinajstić information content (AvgIpc) is 2.75. The fraction of sp³-hybridized carbons (Fsp3) is 0.414. The molecule has 0 atom stereocenters. The van der Waals surface area contributed by atoms with Crippen molar-refractivity contribution in [1.29, 1.82) is 0 Å². The highest BCUT2D eigenvalue weighted by Crippen LogP contribution is 2.47. The molecule has 0 unspecified atom stereocenters. The van der Waals surface area contributed by atoms with Gasteiger partial charge in [-0.3, -0.25) is 9.69 Å². The molecule has 0 bridgehead atoms. The molecule has 6 nitrogen and oxygen atoms in total. The van der Waals surface area contributed by atoms with Gasteiger partial charge in [-0.05, 0) is 92.0 Å². The molecule has 186 valence electrons. The van der Waals surface area contributed by atoms with Crippen LogP contribution in [0.5, 0.6) is 0 Å². The maximum absolute atomic E-state index is 13.7. The van der Waals surface area contributed by atoms with Crippen LogP contribution < -0.4 is 4.90 Å². The van der Waals surface area contributed by atoms with Gasteiger partial charge in [0.15, 0.2) is 0 Å². The number of benzene rings is 2. The van der Waals surface area contributed by atoms with E-state index in [1.165, 1.54) is 22.6 Å². The second kappa shape index (κ2) is 8.99. The molecule has 0 heterocycles. The van der Waals surface area contributed by atoms with Crippen LogP contribution in [-0.2, 0) is 25.2 Å². The molecular weight excluding hydrogens is 442 g/mol. The number of fused-ring (bicyclic) bond motifs is 1. The molecule has 35 heavy (non-hydrogen) atoms. The van der Waals surface area contributed by atoms with Crippen LogP contribution in [0.25, 0.3) is 0 Å². The first-order valence-electron chi connectivity index (χ1n) is 11.8. The monoisotopic (exact) mass is 477 g/mol. The molecule has 0 saturated heterocycles. The normalized spacial score (nSPS) is 16.1. The summed E-state index contributed by atoms with van der Waals surface area (Å²) < 4.78 is 5.38. The number of amides is 1. The molecule has 0 saturated carbocycles. The number of carboxylic acids is 1. The molecule has 2 aromatic carbocycles. The highest BCUT2D eigenvalue weighted by molar-refractivity contribution is 6.24. The maximum Gasteiger partial charge on any atom is 0.343 e. The summed E-state index contributed by atoms with van der Waals surface area (Å²) in [6, 6.07) is 11.9. The second-order valence-electron chi connectivity index (χ2n) is 11.5. The topological polar surface area (TPSA) is 83.9 Å². The van der Waals surface area contributed by atoms with E-state index >= 15 is 0 Å². The van der Waals surface area contributed by atoms with Crippen molar-refractivity contribution in [2.24, 2.45) is 0 Å². The quantitative estimate of drug-likeness (QED) is 0.237. The van der Waals surface area contributed by atoms with Crippen molar-refractivity contribution in [2.75, 3.05) is 4.90 Å². The van der Waals surface area contributed by atoms with Crippen LogP contribution >= 0.6 is 0 Å². The minimum Gasteiger partial charge on any atom is -0.478 e. The van der Waals surface area contributed by atoms with Crippen molar-refractivity contribution in [3.05, 3.63) is 71.3 Å². The Morgan fingerprint density at radius 2 is 1.40 bits per heavy atom. The summed E-state index contributed by atoms with van der Waals surface area (Å²) in [5.41, 5.74) is 2.30. The van der Waals surface area contributed by atoms with Crippen LogP contribution in [0, 0.1) is 0 Å². The number of carboxylic acid groups (broad SMARTS) is 1. The van der Waals surface area contributed by atoms with Crippen LogP contribution in [0.4, 0.5) is 11.4 Å². The molecule has 3 rings (SSSR count). The molecule has 1 amide bonds. The molecule has 6 heteroatoms. The molecule has 2 aromatic rings. The lowest BCUT2D eigenvalue weighted by molar-refractivity contribution is -0.150. The van der Waals surface area contributed by atoms with Gasteiger partial charge in [-0.25, -0.2) is 9.59 Å². The number of ether oxygens (including phenoxy) is 1. The summed E-state index contributed by atoms with van der Waals surface area (Å²) in [5.74, 6) is -2.49. The summed E-state index contributed by atoms with van der Waals surface area (Å²) in [6.07, 6.45) is 2.06. The first kappa shape index (κ1) is 26.2. The van der Waals surface area contributed by atoms with Crippen molar-refractivity contribution >= 4 is 29.2 Å². The van der Waals surface area contributed by atoms with E-state index in [4.69, 9.17) is 4.74 Å². The van der Waals surface area contributed by atoms with Crippen LogP contribution in [0.15, 0.2) is 54.6 Å². The van der Waals surface area contributed by atoms with Gasteiger partial charge in [0.05, 0.1) is 5.56 Å². The highest BCUT2D eigenvalue weighted by atomic mass is 16.6. The van der Waals surface area contributed by atoms with Crippen molar-refractivity contribution < 1.29 is 24.2 Å². The van der Waals surface area contributed by atoms with Gasteiger partial charge in [-0.15, -0.1) is 0 Å². The lowest BCUT2D eigenvalue weighted by atomic mass is 9.63. The number of esters is 1. The summed E-state index contributed by atoms with van der Waals surface area (Å²) >= 11 is 0. The number of anilines is 2. The predicted octanol–water partition coefficient (Wildman–Crippen LogP) is 6.30. The fourth-order valence-corrected chi connectivity index (χ4v) is 4.41. The van der Waals surface area contributed by atoms with Gasteiger partial charge in [-0.1, -0.05) is 40.3 Å². The zero-order valence-electron chi connectivity index (χ0n) is 21.7. The van der Waals surface area contributed by atoms with Crippen molar-refractivity contribution in [3.63, 3.8) is 0 Å². The van der Waals surface area contributed by atoms with E-state index < -0.39 is 23.4 Å². The molecule has 0 aliphatic heterocycles. The van der Waals surface area contributed by atoms with E-state index in [1.807, 2.05) is 18.2 Å². The summed E-state index contributed by atoms with van der Waals surface area (Å²) in [7, 11) is 0. The Labute approximate surface area is 207 Å². The minimum absolute atomic E-state index is 0.00146. The van der Waals surface area contributed by atoms with Gasteiger partial charge < -0.3 is 9.84 Å². The zero-order chi connectivity index (χ0) is 26.3. The SMILES string of the molecule is C=C(C(=O)OC(C)(C)C)C(=O)N(c1ccc(C(=O)O)cc1)c1ccc2c(c1)C(C)(C)CCC2(C)C. The number of nitrogens with zero attached hydrogens (tertiary/aromatic N) is 1. The Balaban J connectivity index is 2.14. The number of carbonyl (C=O) groups is 3. The number of aromatic carboxylic acids is 1. The molecular formula is C29H35NO5. The smallest absolute Gasteiger partial charge is 0.343 e. The number of rotatable bonds is 5. The van der Waals surface area contributed by atoms with Crippen LogP contribution in [0.3, 0.4) is 0 Å². The van der Waals surface area contributed by atoms with Gasteiger partial charge >= 0.3 is 11.9 Å². The third-order valence-corrected chi connectivity index (χ3v) is 6.57. The Bertz CT molecular complexity index is 1180. The maximum atomic E-state index is 13.7. The summed E-state index contributed by atoms with van der Waals surface area (Å²) in [5, 5.41) is 9.29. The molecule has 0 spiro atoms. The summed E-state index contributed by atoms with van der Waals surface area (Å²) in [4.78, 5) is 39.1. The van der Waals surface area contributed by atoms with Crippen LogP contribution in [-0.4, -0.2) is 28.6 Å². The molecule has 0 radical (unpaired) electrons. The highest BCUT2D eigenvalue weighted by Gasteiger charge is 2.38. The molecule has 1 aliphatic rings. The average molecular weight is 478 g/mol. The lowest BCUT2D eigenvalue weighted by Crippen LogP contribution is -2.36. The largest absolute Gasteiger partial charge is 0.478 e. The van der Waals surface area contributed by atoms with E-state index in [9.17, 15) is 19.5 Å². The number of hydrogen-bond acceptors (Lipinski definition) is 4.